The zero-order valence-electron chi connectivity index (χ0n) is 21.1. The molecule has 0 spiro atoms. The summed E-state index contributed by atoms with van der Waals surface area (Å²) in [5, 5.41) is 14.6. The van der Waals surface area contributed by atoms with Crippen LogP contribution in [0.15, 0.2) is 54.7 Å². The molecule has 2 heterocycles. The number of nitrogens with zero attached hydrogens (tertiary/aromatic N) is 3. The molecule has 1 N–H and O–H groups in total. The van der Waals surface area contributed by atoms with Crippen LogP contribution in [0.2, 0.25) is 10.0 Å². The summed E-state index contributed by atoms with van der Waals surface area (Å²) in [6.07, 6.45) is 1.53. The van der Waals surface area contributed by atoms with Crippen molar-refractivity contribution in [2.75, 3.05) is 45.8 Å². The van der Waals surface area contributed by atoms with E-state index in [0.29, 0.717) is 44.0 Å². The SMILES string of the molecule is COc1cc(Nc2c(C#N)cnc3c(OC)c(-c4ccc(CN5CCOCC5)cc4)ccc23)c(Cl)cc1Cl. The highest BCUT2D eigenvalue weighted by Gasteiger charge is 2.19. The zero-order valence-corrected chi connectivity index (χ0v) is 22.6. The van der Waals surface area contributed by atoms with Gasteiger partial charge in [0.1, 0.15) is 17.3 Å². The predicted molar refractivity (Wildman–Crippen MR) is 151 cm³/mol. The Morgan fingerprint density at radius 1 is 1.03 bits per heavy atom. The van der Waals surface area contributed by atoms with E-state index in [-0.39, 0.29) is 0 Å². The Hall–Kier alpha value is -3.54. The molecule has 4 aromatic rings. The van der Waals surface area contributed by atoms with Crippen molar-refractivity contribution in [1.82, 2.24) is 9.88 Å². The van der Waals surface area contributed by atoms with Gasteiger partial charge in [-0.25, -0.2) is 0 Å². The Morgan fingerprint density at radius 2 is 1.79 bits per heavy atom. The molecule has 38 heavy (non-hydrogen) atoms. The lowest BCUT2D eigenvalue weighted by molar-refractivity contribution is 0.0342. The van der Waals surface area contributed by atoms with Gasteiger partial charge in [0.2, 0.25) is 0 Å². The first-order chi connectivity index (χ1) is 18.5. The summed E-state index contributed by atoms with van der Waals surface area (Å²) in [6, 6.07) is 17.9. The number of benzene rings is 3. The van der Waals surface area contributed by atoms with Crippen molar-refractivity contribution >= 4 is 45.5 Å². The first kappa shape index (κ1) is 26.1. The number of rotatable bonds is 7. The molecule has 3 aromatic carbocycles. The van der Waals surface area contributed by atoms with Crippen molar-refractivity contribution in [3.63, 3.8) is 0 Å². The highest BCUT2D eigenvalue weighted by atomic mass is 35.5. The average molecular weight is 549 g/mol. The number of nitrogens with one attached hydrogen (secondary N) is 1. The van der Waals surface area contributed by atoms with E-state index in [2.05, 4.69) is 45.5 Å². The van der Waals surface area contributed by atoms with Crippen LogP contribution in [0.3, 0.4) is 0 Å². The number of ether oxygens (including phenoxy) is 3. The molecule has 7 nitrogen and oxygen atoms in total. The lowest BCUT2D eigenvalue weighted by Crippen LogP contribution is -2.35. The Labute approximate surface area is 231 Å². The first-order valence-electron chi connectivity index (χ1n) is 12.1. The van der Waals surface area contributed by atoms with Crippen molar-refractivity contribution < 1.29 is 14.2 Å². The molecule has 194 valence electrons. The molecule has 0 amide bonds. The number of anilines is 2. The van der Waals surface area contributed by atoms with Crippen molar-refractivity contribution in [2.45, 2.75) is 6.54 Å². The maximum atomic E-state index is 9.82. The summed E-state index contributed by atoms with van der Waals surface area (Å²) in [4.78, 5) is 6.98. The Bertz CT molecular complexity index is 1510. The Kier molecular flexibility index (Phi) is 7.87. The molecule has 0 aliphatic carbocycles. The molecule has 9 heteroatoms. The summed E-state index contributed by atoms with van der Waals surface area (Å²) < 4.78 is 16.6. The zero-order chi connectivity index (χ0) is 26.6. The van der Waals surface area contributed by atoms with E-state index in [1.165, 1.54) is 18.9 Å². The number of hydrogen-bond acceptors (Lipinski definition) is 7. The van der Waals surface area contributed by atoms with Gasteiger partial charge >= 0.3 is 0 Å². The van der Waals surface area contributed by atoms with E-state index >= 15 is 0 Å². The van der Waals surface area contributed by atoms with Crippen molar-refractivity contribution in [3.05, 3.63) is 75.9 Å². The molecule has 1 fully saturated rings. The summed E-state index contributed by atoms with van der Waals surface area (Å²) >= 11 is 12.7. The van der Waals surface area contributed by atoms with Gasteiger partial charge in [-0.2, -0.15) is 5.26 Å². The molecule has 5 rings (SSSR count). The van der Waals surface area contributed by atoms with Gasteiger partial charge in [-0.3, -0.25) is 9.88 Å². The van der Waals surface area contributed by atoms with Gasteiger partial charge in [0.25, 0.3) is 0 Å². The van der Waals surface area contributed by atoms with Crippen LogP contribution >= 0.6 is 23.2 Å². The van der Waals surface area contributed by atoms with E-state index in [1.54, 1.807) is 19.2 Å². The van der Waals surface area contributed by atoms with Gasteiger partial charge < -0.3 is 19.5 Å². The van der Waals surface area contributed by atoms with Crippen LogP contribution in [0.4, 0.5) is 11.4 Å². The lowest BCUT2D eigenvalue weighted by atomic mass is 9.99. The van der Waals surface area contributed by atoms with Crippen LogP contribution in [-0.2, 0) is 11.3 Å². The number of fused-ring (bicyclic) bond motifs is 1. The fourth-order valence-corrected chi connectivity index (χ4v) is 5.12. The normalized spacial score (nSPS) is 13.8. The number of morpholine rings is 1. The van der Waals surface area contributed by atoms with Crippen molar-refractivity contribution in [2.24, 2.45) is 0 Å². The third-order valence-electron chi connectivity index (χ3n) is 6.59. The number of nitriles is 1. The largest absolute Gasteiger partial charge is 0.495 e. The lowest BCUT2D eigenvalue weighted by Gasteiger charge is -2.26. The van der Waals surface area contributed by atoms with Gasteiger partial charge in [-0.05, 0) is 29.3 Å². The van der Waals surface area contributed by atoms with Crippen LogP contribution in [0.1, 0.15) is 11.1 Å². The van der Waals surface area contributed by atoms with Crippen molar-refractivity contribution in [1.29, 1.82) is 5.26 Å². The van der Waals surface area contributed by atoms with Crippen LogP contribution in [0, 0.1) is 11.3 Å². The number of hydrogen-bond donors (Lipinski definition) is 1. The highest BCUT2D eigenvalue weighted by Crippen LogP contribution is 2.42. The Morgan fingerprint density at radius 3 is 2.47 bits per heavy atom. The fourth-order valence-electron chi connectivity index (χ4n) is 4.62. The summed E-state index contributed by atoms with van der Waals surface area (Å²) in [6.45, 7) is 4.34. The molecule has 1 aliphatic rings. The third kappa shape index (κ3) is 5.22. The molecular weight excluding hydrogens is 523 g/mol. The molecule has 0 unspecified atom stereocenters. The standard InChI is InChI=1S/C29H26Cl2N4O3/c1-36-26-14-25(23(30)13-24(26)31)34-27-20(15-32)16-33-28-22(27)8-7-21(29(28)37-2)19-5-3-18(4-6-19)17-35-9-11-38-12-10-35/h3-8,13-14,16H,9-12,17H2,1-2H3,(H,33,34). The minimum absolute atomic E-state index is 0.366. The monoisotopic (exact) mass is 548 g/mol. The number of aromatic nitrogens is 1. The highest BCUT2D eigenvalue weighted by molar-refractivity contribution is 6.37. The second kappa shape index (κ2) is 11.5. The van der Waals surface area contributed by atoms with E-state index in [1.807, 2.05) is 12.1 Å². The maximum absolute atomic E-state index is 9.82. The predicted octanol–water partition coefficient (Wildman–Crippen LogP) is 6.67. The van der Waals surface area contributed by atoms with E-state index < -0.39 is 0 Å². The van der Waals surface area contributed by atoms with Crippen LogP contribution in [0.25, 0.3) is 22.0 Å². The second-order valence-corrected chi connectivity index (χ2v) is 9.69. The Balaban J connectivity index is 1.53. The number of methoxy groups -OCH3 is 2. The molecule has 0 radical (unpaired) electrons. The van der Waals surface area contributed by atoms with Gasteiger partial charge in [-0.1, -0.05) is 47.5 Å². The molecular formula is C29H26Cl2N4O3. The van der Waals surface area contributed by atoms with E-state index in [9.17, 15) is 5.26 Å². The van der Waals surface area contributed by atoms with Gasteiger partial charge in [0.15, 0.2) is 5.75 Å². The van der Waals surface area contributed by atoms with E-state index in [0.717, 1.165) is 49.4 Å². The quantitative estimate of drug-likeness (QED) is 0.276. The smallest absolute Gasteiger partial charge is 0.152 e. The summed E-state index contributed by atoms with van der Waals surface area (Å²) in [5.41, 5.74) is 5.28. The summed E-state index contributed by atoms with van der Waals surface area (Å²) in [7, 11) is 3.15. The topological polar surface area (TPSA) is 79.6 Å². The number of halogens is 2. The molecule has 0 saturated carbocycles. The third-order valence-corrected chi connectivity index (χ3v) is 7.20. The van der Waals surface area contributed by atoms with E-state index in [4.69, 9.17) is 37.4 Å². The van der Waals surface area contributed by atoms with Gasteiger partial charge in [0, 0.05) is 42.8 Å². The van der Waals surface area contributed by atoms with Gasteiger partial charge in [-0.15, -0.1) is 0 Å². The van der Waals surface area contributed by atoms with Crippen LogP contribution < -0.4 is 14.8 Å². The summed E-state index contributed by atoms with van der Waals surface area (Å²) in [5.74, 6) is 1.09. The molecule has 0 atom stereocenters. The molecule has 1 saturated heterocycles. The van der Waals surface area contributed by atoms with Crippen LogP contribution in [-0.4, -0.2) is 50.4 Å². The minimum atomic E-state index is 0.366. The first-order valence-corrected chi connectivity index (χ1v) is 12.9. The fraction of sp³-hybridized carbons (Fsp3) is 0.241. The second-order valence-electron chi connectivity index (χ2n) is 8.88. The van der Waals surface area contributed by atoms with Crippen molar-refractivity contribution in [3.8, 4) is 28.7 Å². The molecule has 1 aromatic heterocycles. The van der Waals surface area contributed by atoms with Crippen LogP contribution in [0.5, 0.6) is 11.5 Å². The minimum Gasteiger partial charge on any atom is -0.495 e. The maximum Gasteiger partial charge on any atom is 0.152 e. The average Bonchev–Trinajstić information content (AvgIpc) is 2.94. The van der Waals surface area contributed by atoms with Gasteiger partial charge in [0.05, 0.1) is 54.4 Å². The number of pyridine rings is 1. The molecule has 1 aliphatic heterocycles. The molecule has 0 bridgehead atoms.